The molecule has 0 aromatic heterocycles. The molecule has 0 spiro atoms. The summed E-state index contributed by atoms with van der Waals surface area (Å²) in [6, 6.07) is 5.88. The first-order valence-corrected chi connectivity index (χ1v) is 5.45. The number of aryl methyl sites for hydroxylation is 2. The zero-order valence-electron chi connectivity index (χ0n) is 10.2. The molecular formula is C13H18O3. The molecule has 1 aromatic rings. The van der Waals surface area contributed by atoms with Crippen LogP contribution in [0.1, 0.15) is 25.0 Å². The fourth-order valence-electron chi connectivity index (χ4n) is 1.47. The molecule has 16 heavy (non-hydrogen) atoms. The number of carbonyl (C=O) groups excluding carboxylic acids is 1. The summed E-state index contributed by atoms with van der Waals surface area (Å²) in [6.07, 6.45) is -0.570. The molecule has 0 saturated heterocycles. The van der Waals surface area contributed by atoms with Crippen molar-refractivity contribution in [3.63, 3.8) is 0 Å². The van der Waals surface area contributed by atoms with Crippen molar-refractivity contribution in [2.45, 2.75) is 33.8 Å². The van der Waals surface area contributed by atoms with Crippen LogP contribution in [0.4, 0.5) is 0 Å². The van der Waals surface area contributed by atoms with Crippen LogP contribution in [0.3, 0.4) is 0 Å². The lowest BCUT2D eigenvalue weighted by atomic mass is 10.1. The Hall–Kier alpha value is -1.51. The van der Waals surface area contributed by atoms with Gasteiger partial charge in [0.2, 0.25) is 0 Å². The predicted octanol–water partition coefficient (Wildman–Crippen LogP) is 2.63. The highest BCUT2D eigenvalue weighted by molar-refractivity contribution is 5.74. The summed E-state index contributed by atoms with van der Waals surface area (Å²) < 4.78 is 10.5. The first-order valence-electron chi connectivity index (χ1n) is 5.45. The first kappa shape index (κ1) is 12.6. The van der Waals surface area contributed by atoms with Gasteiger partial charge in [-0.1, -0.05) is 18.2 Å². The molecule has 0 aliphatic rings. The number of esters is 1. The molecule has 0 fully saturated rings. The maximum Gasteiger partial charge on any atom is 0.347 e. The summed E-state index contributed by atoms with van der Waals surface area (Å²) in [5.74, 6) is 0.438. The maximum atomic E-state index is 11.4. The fraction of sp³-hybridized carbons (Fsp3) is 0.462. The standard InChI is InChI=1S/C13H18O3/c1-5-15-13(14)11(4)16-12-9(2)7-6-8-10(12)3/h6-8,11H,5H2,1-4H3. The molecule has 3 nitrogen and oxygen atoms in total. The summed E-state index contributed by atoms with van der Waals surface area (Å²) in [5.41, 5.74) is 2.05. The van der Waals surface area contributed by atoms with E-state index in [1.165, 1.54) is 0 Å². The number of rotatable bonds is 4. The third-order valence-electron chi connectivity index (χ3n) is 2.32. The molecule has 0 amide bonds. The van der Waals surface area contributed by atoms with Crippen molar-refractivity contribution in [1.29, 1.82) is 0 Å². The maximum absolute atomic E-state index is 11.4. The SMILES string of the molecule is CCOC(=O)C(C)Oc1c(C)cccc1C. The molecule has 1 aromatic carbocycles. The Bertz CT molecular complexity index is 351. The minimum Gasteiger partial charge on any atom is -0.478 e. The van der Waals surface area contributed by atoms with Crippen LogP contribution in [-0.2, 0) is 9.53 Å². The van der Waals surface area contributed by atoms with E-state index in [2.05, 4.69) is 0 Å². The molecule has 88 valence electrons. The van der Waals surface area contributed by atoms with Crippen LogP contribution in [0.5, 0.6) is 5.75 Å². The van der Waals surface area contributed by atoms with Gasteiger partial charge in [0, 0.05) is 0 Å². The van der Waals surface area contributed by atoms with Gasteiger partial charge in [-0.15, -0.1) is 0 Å². The number of carbonyl (C=O) groups is 1. The molecule has 0 heterocycles. The predicted molar refractivity (Wildman–Crippen MR) is 62.6 cm³/mol. The Balaban J connectivity index is 2.76. The van der Waals surface area contributed by atoms with Crippen molar-refractivity contribution < 1.29 is 14.3 Å². The van der Waals surface area contributed by atoms with Crippen molar-refractivity contribution in [3.05, 3.63) is 29.3 Å². The van der Waals surface area contributed by atoms with Gasteiger partial charge in [-0.3, -0.25) is 0 Å². The van der Waals surface area contributed by atoms with Gasteiger partial charge in [-0.05, 0) is 38.8 Å². The van der Waals surface area contributed by atoms with Crippen LogP contribution < -0.4 is 4.74 Å². The summed E-state index contributed by atoms with van der Waals surface area (Å²) in [7, 11) is 0. The lowest BCUT2D eigenvalue weighted by Crippen LogP contribution is -2.26. The van der Waals surface area contributed by atoms with Crippen molar-refractivity contribution in [2.75, 3.05) is 6.61 Å². The summed E-state index contributed by atoms with van der Waals surface area (Å²) >= 11 is 0. The summed E-state index contributed by atoms with van der Waals surface area (Å²) in [6.45, 7) is 7.77. The highest BCUT2D eigenvalue weighted by atomic mass is 16.6. The summed E-state index contributed by atoms with van der Waals surface area (Å²) in [5, 5.41) is 0. The number of para-hydroxylation sites is 1. The zero-order chi connectivity index (χ0) is 12.1. The van der Waals surface area contributed by atoms with Crippen LogP contribution >= 0.6 is 0 Å². The third-order valence-corrected chi connectivity index (χ3v) is 2.32. The van der Waals surface area contributed by atoms with E-state index >= 15 is 0 Å². The van der Waals surface area contributed by atoms with Gasteiger partial charge in [-0.25, -0.2) is 4.79 Å². The number of hydrogen-bond acceptors (Lipinski definition) is 3. The average molecular weight is 222 g/mol. The Kier molecular flexibility index (Phi) is 4.35. The number of benzene rings is 1. The van der Waals surface area contributed by atoms with E-state index in [1.807, 2.05) is 32.0 Å². The Morgan fingerprint density at radius 2 is 1.88 bits per heavy atom. The number of hydrogen-bond donors (Lipinski definition) is 0. The van der Waals surface area contributed by atoms with Crippen molar-refractivity contribution in [2.24, 2.45) is 0 Å². The minimum absolute atomic E-state index is 0.329. The van der Waals surface area contributed by atoms with Gasteiger partial charge in [0.1, 0.15) is 5.75 Å². The molecule has 0 radical (unpaired) electrons. The zero-order valence-corrected chi connectivity index (χ0v) is 10.2. The lowest BCUT2D eigenvalue weighted by Gasteiger charge is -2.16. The van der Waals surface area contributed by atoms with Gasteiger partial charge in [0.25, 0.3) is 0 Å². The van der Waals surface area contributed by atoms with Crippen LogP contribution in [0.25, 0.3) is 0 Å². The molecule has 0 N–H and O–H groups in total. The molecule has 3 heteroatoms. The highest BCUT2D eigenvalue weighted by Gasteiger charge is 2.17. The smallest absolute Gasteiger partial charge is 0.347 e. The molecule has 1 atom stereocenters. The van der Waals surface area contributed by atoms with Crippen LogP contribution in [0.15, 0.2) is 18.2 Å². The Morgan fingerprint density at radius 1 is 1.31 bits per heavy atom. The van der Waals surface area contributed by atoms with Gasteiger partial charge < -0.3 is 9.47 Å². The highest BCUT2D eigenvalue weighted by Crippen LogP contribution is 2.23. The molecule has 1 unspecified atom stereocenters. The molecule has 0 bridgehead atoms. The van der Waals surface area contributed by atoms with E-state index < -0.39 is 6.10 Å². The van der Waals surface area contributed by atoms with E-state index in [0.717, 1.165) is 16.9 Å². The Morgan fingerprint density at radius 3 is 2.38 bits per heavy atom. The molecule has 0 saturated carbocycles. The second-order valence-corrected chi connectivity index (χ2v) is 3.73. The topological polar surface area (TPSA) is 35.5 Å². The average Bonchev–Trinajstić information content (AvgIpc) is 2.23. The molecular weight excluding hydrogens is 204 g/mol. The van der Waals surface area contributed by atoms with Crippen LogP contribution in [0, 0.1) is 13.8 Å². The van der Waals surface area contributed by atoms with Crippen LogP contribution in [-0.4, -0.2) is 18.7 Å². The van der Waals surface area contributed by atoms with E-state index in [0.29, 0.717) is 6.61 Å². The van der Waals surface area contributed by atoms with E-state index in [1.54, 1.807) is 13.8 Å². The normalized spacial score (nSPS) is 12.0. The third kappa shape index (κ3) is 2.99. The first-order chi connectivity index (χ1) is 7.56. The molecule has 0 aliphatic heterocycles. The van der Waals surface area contributed by atoms with Gasteiger partial charge in [0.15, 0.2) is 6.10 Å². The van der Waals surface area contributed by atoms with Crippen molar-refractivity contribution in [1.82, 2.24) is 0 Å². The van der Waals surface area contributed by atoms with Gasteiger partial charge in [-0.2, -0.15) is 0 Å². The second-order valence-electron chi connectivity index (χ2n) is 3.73. The van der Waals surface area contributed by atoms with E-state index in [9.17, 15) is 4.79 Å². The lowest BCUT2D eigenvalue weighted by molar-refractivity contribution is -0.150. The second kappa shape index (κ2) is 5.54. The Labute approximate surface area is 96.4 Å². The van der Waals surface area contributed by atoms with E-state index in [4.69, 9.17) is 9.47 Å². The minimum atomic E-state index is -0.570. The fourth-order valence-corrected chi connectivity index (χ4v) is 1.47. The quantitative estimate of drug-likeness (QED) is 0.735. The van der Waals surface area contributed by atoms with E-state index in [-0.39, 0.29) is 5.97 Å². The largest absolute Gasteiger partial charge is 0.478 e. The summed E-state index contributed by atoms with van der Waals surface area (Å²) in [4.78, 5) is 11.4. The van der Waals surface area contributed by atoms with Crippen molar-refractivity contribution >= 4 is 5.97 Å². The van der Waals surface area contributed by atoms with Crippen LogP contribution in [0.2, 0.25) is 0 Å². The van der Waals surface area contributed by atoms with Crippen molar-refractivity contribution in [3.8, 4) is 5.75 Å². The molecule has 1 rings (SSSR count). The van der Waals surface area contributed by atoms with Gasteiger partial charge in [0.05, 0.1) is 6.61 Å². The number of ether oxygens (including phenoxy) is 2. The molecule has 0 aliphatic carbocycles. The van der Waals surface area contributed by atoms with Gasteiger partial charge >= 0.3 is 5.97 Å². The monoisotopic (exact) mass is 222 g/mol.